The number of carbonyl (C=O) groups is 3. The van der Waals surface area contributed by atoms with Crippen molar-refractivity contribution in [1.82, 2.24) is 10.2 Å². The lowest BCUT2D eigenvalue weighted by molar-refractivity contribution is -0.139. The molecule has 7 heteroatoms. The quantitative estimate of drug-likeness (QED) is 0.640. The first-order chi connectivity index (χ1) is 16.5. The SMILES string of the molecule is O=C(O)CCC(NC(=O)OCC1c2ccccc2-c2ccccc21)C(=O)N1C2CCCC1CC2. The lowest BCUT2D eigenvalue weighted by atomic mass is 9.98. The van der Waals surface area contributed by atoms with Gasteiger partial charge in [-0.1, -0.05) is 48.5 Å². The molecular weight excluding hydrogens is 432 g/mol. The van der Waals surface area contributed by atoms with Crippen LogP contribution in [0.1, 0.15) is 62.0 Å². The van der Waals surface area contributed by atoms with Crippen LogP contribution in [0.3, 0.4) is 0 Å². The van der Waals surface area contributed by atoms with Gasteiger partial charge in [0, 0.05) is 24.4 Å². The molecule has 0 spiro atoms. The fourth-order valence-electron chi connectivity index (χ4n) is 5.96. The number of carboxylic acid groups (broad SMARTS) is 1. The lowest BCUT2D eigenvalue weighted by Crippen LogP contribution is -2.54. The molecule has 34 heavy (non-hydrogen) atoms. The van der Waals surface area contributed by atoms with Gasteiger partial charge < -0.3 is 20.1 Å². The maximum absolute atomic E-state index is 13.4. The van der Waals surface area contributed by atoms with Gasteiger partial charge in [0.2, 0.25) is 5.91 Å². The van der Waals surface area contributed by atoms with E-state index in [0.717, 1.165) is 54.4 Å². The number of carboxylic acids is 1. The standard InChI is InChI=1S/C27H30N2O5/c30-25(31)15-14-24(26(32)29-17-6-5-7-18(29)13-12-17)28-27(33)34-16-23-21-10-3-1-8-19(21)20-9-2-4-11-22(20)23/h1-4,8-11,17-18,23-24H,5-7,12-16H2,(H,28,33)(H,30,31). The van der Waals surface area contributed by atoms with Gasteiger partial charge in [-0.25, -0.2) is 4.79 Å². The molecule has 2 N–H and O–H groups in total. The molecule has 0 aromatic heterocycles. The number of carbonyl (C=O) groups excluding carboxylic acids is 2. The van der Waals surface area contributed by atoms with E-state index in [-0.39, 0.29) is 43.4 Å². The molecule has 2 aromatic carbocycles. The molecule has 178 valence electrons. The largest absolute Gasteiger partial charge is 0.481 e. The zero-order chi connectivity index (χ0) is 23.7. The molecule has 2 amide bonds. The van der Waals surface area contributed by atoms with Gasteiger partial charge in [-0.3, -0.25) is 9.59 Å². The topological polar surface area (TPSA) is 95.9 Å². The lowest BCUT2D eigenvalue weighted by Gasteiger charge is -2.37. The van der Waals surface area contributed by atoms with E-state index in [1.54, 1.807) is 0 Å². The summed E-state index contributed by atoms with van der Waals surface area (Å²) in [5, 5.41) is 11.9. The smallest absolute Gasteiger partial charge is 0.407 e. The Hall–Kier alpha value is -3.35. The predicted molar refractivity (Wildman–Crippen MR) is 126 cm³/mol. The molecule has 2 heterocycles. The molecule has 3 aliphatic rings. The highest BCUT2D eigenvalue weighted by Gasteiger charge is 2.42. The summed E-state index contributed by atoms with van der Waals surface area (Å²) in [6.45, 7) is 0.147. The van der Waals surface area contributed by atoms with Crippen LogP contribution < -0.4 is 5.32 Å². The summed E-state index contributed by atoms with van der Waals surface area (Å²) in [7, 11) is 0. The number of hydrogen-bond donors (Lipinski definition) is 2. The summed E-state index contributed by atoms with van der Waals surface area (Å²) in [6.07, 6.45) is 4.18. The van der Waals surface area contributed by atoms with Crippen molar-refractivity contribution in [3.05, 3.63) is 59.7 Å². The molecule has 3 atom stereocenters. The van der Waals surface area contributed by atoms with E-state index in [1.807, 2.05) is 41.3 Å². The average molecular weight is 463 g/mol. The normalized spacial score (nSPS) is 21.5. The molecule has 2 aliphatic heterocycles. The fourth-order valence-corrected chi connectivity index (χ4v) is 5.96. The Balaban J connectivity index is 1.27. The average Bonchev–Trinajstić information content (AvgIpc) is 3.29. The Morgan fingerprint density at radius 2 is 1.53 bits per heavy atom. The number of hydrogen-bond acceptors (Lipinski definition) is 4. The second kappa shape index (κ2) is 9.49. The maximum atomic E-state index is 13.4. The summed E-state index contributed by atoms with van der Waals surface area (Å²) < 4.78 is 5.62. The molecule has 2 aromatic rings. The molecule has 0 saturated carbocycles. The van der Waals surface area contributed by atoms with Gasteiger partial charge in [0.1, 0.15) is 12.6 Å². The van der Waals surface area contributed by atoms with Crippen molar-refractivity contribution in [3.8, 4) is 11.1 Å². The molecule has 1 aliphatic carbocycles. The molecule has 2 saturated heterocycles. The summed E-state index contributed by atoms with van der Waals surface area (Å²) in [5.74, 6) is -1.25. The number of nitrogens with one attached hydrogen (secondary N) is 1. The van der Waals surface area contributed by atoms with Gasteiger partial charge in [-0.05, 0) is 60.8 Å². The highest BCUT2D eigenvalue weighted by molar-refractivity contribution is 5.87. The summed E-state index contributed by atoms with van der Waals surface area (Å²) in [4.78, 5) is 39.2. The van der Waals surface area contributed by atoms with Crippen LogP contribution in [0.5, 0.6) is 0 Å². The molecule has 2 fully saturated rings. The van der Waals surface area contributed by atoms with Gasteiger partial charge in [-0.15, -0.1) is 0 Å². The maximum Gasteiger partial charge on any atom is 0.407 e. The number of amides is 2. The van der Waals surface area contributed by atoms with Crippen LogP contribution in [0.4, 0.5) is 4.79 Å². The minimum absolute atomic E-state index is 0.0499. The second-order valence-corrected chi connectivity index (χ2v) is 9.52. The van der Waals surface area contributed by atoms with Crippen molar-refractivity contribution in [1.29, 1.82) is 0 Å². The molecule has 5 rings (SSSR count). The Morgan fingerprint density at radius 3 is 2.12 bits per heavy atom. The zero-order valence-corrected chi connectivity index (χ0v) is 19.1. The molecule has 0 radical (unpaired) electrons. The van der Waals surface area contributed by atoms with E-state index >= 15 is 0 Å². The number of benzene rings is 2. The summed E-state index contributed by atoms with van der Waals surface area (Å²) in [5.41, 5.74) is 4.50. The van der Waals surface area contributed by atoms with Crippen molar-refractivity contribution >= 4 is 18.0 Å². The number of alkyl carbamates (subject to hydrolysis) is 1. The molecule has 7 nitrogen and oxygen atoms in total. The second-order valence-electron chi connectivity index (χ2n) is 9.52. The number of ether oxygens (including phenoxy) is 1. The van der Waals surface area contributed by atoms with Crippen molar-refractivity contribution in [2.75, 3.05) is 6.61 Å². The van der Waals surface area contributed by atoms with Crippen LogP contribution in [0, 0.1) is 0 Å². The predicted octanol–water partition coefficient (Wildman–Crippen LogP) is 4.30. The first-order valence-electron chi connectivity index (χ1n) is 12.2. The van der Waals surface area contributed by atoms with E-state index in [2.05, 4.69) is 17.4 Å². The van der Waals surface area contributed by atoms with Gasteiger partial charge in [-0.2, -0.15) is 0 Å². The van der Waals surface area contributed by atoms with Crippen molar-refractivity contribution in [2.24, 2.45) is 0 Å². The third kappa shape index (κ3) is 4.27. The van der Waals surface area contributed by atoms with Crippen molar-refractivity contribution in [2.45, 2.75) is 69.0 Å². The van der Waals surface area contributed by atoms with Crippen LogP contribution in [0.15, 0.2) is 48.5 Å². The highest BCUT2D eigenvalue weighted by atomic mass is 16.5. The first kappa shape index (κ1) is 22.4. The van der Waals surface area contributed by atoms with Crippen LogP contribution in [-0.4, -0.2) is 52.7 Å². The van der Waals surface area contributed by atoms with Crippen LogP contribution in [-0.2, 0) is 14.3 Å². The van der Waals surface area contributed by atoms with E-state index in [9.17, 15) is 14.4 Å². The Bertz CT molecular complexity index is 1040. The van der Waals surface area contributed by atoms with Crippen LogP contribution in [0.25, 0.3) is 11.1 Å². The number of piperidine rings is 1. The minimum atomic E-state index is -0.992. The van der Waals surface area contributed by atoms with Gasteiger partial charge in [0.25, 0.3) is 0 Å². The molecule has 3 unspecified atom stereocenters. The number of rotatable bonds is 7. The third-order valence-corrected chi connectivity index (χ3v) is 7.53. The van der Waals surface area contributed by atoms with E-state index < -0.39 is 18.1 Å². The minimum Gasteiger partial charge on any atom is -0.481 e. The molecular formula is C27H30N2O5. The Labute approximate surface area is 199 Å². The highest BCUT2D eigenvalue weighted by Crippen LogP contribution is 2.44. The number of aliphatic carboxylic acids is 1. The number of nitrogens with zero attached hydrogens (tertiary/aromatic N) is 1. The van der Waals surface area contributed by atoms with Crippen LogP contribution in [0.2, 0.25) is 0 Å². The third-order valence-electron chi connectivity index (χ3n) is 7.53. The monoisotopic (exact) mass is 462 g/mol. The first-order valence-corrected chi connectivity index (χ1v) is 12.2. The van der Waals surface area contributed by atoms with Crippen molar-refractivity contribution < 1.29 is 24.2 Å². The van der Waals surface area contributed by atoms with E-state index in [1.165, 1.54) is 0 Å². The number of fused-ring (bicyclic) bond motifs is 5. The zero-order valence-electron chi connectivity index (χ0n) is 19.1. The fraction of sp³-hybridized carbons (Fsp3) is 0.444. The Kier molecular flexibility index (Phi) is 6.26. The molecule has 2 bridgehead atoms. The summed E-state index contributed by atoms with van der Waals surface area (Å²) in [6, 6.07) is 15.7. The Morgan fingerprint density at radius 1 is 0.941 bits per heavy atom. The van der Waals surface area contributed by atoms with Crippen LogP contribution >= 0.6 is 0 Å². The van der Waals surface area contributed by atoms with Gasteiger partial charge in [0.05, 0.1) is 0 Å². The summed E-state index contributed by atoms with van der Waals surface area (Å²) >= 11 is 0. The van der Waals surface area contributed by atoms with Gasteiger partial charge in [0.15, 0.2) is 0 Å². The van der Waals surface area contributed by atoms with E-state index in [0.29, 0.717) is 0 Å². The van der Waals surface area contributed by atoms with Gasteiger partial charge >= 0.3 is 12.1 Å². The van der Waals surface area contributed by atoms with E-state index in [4.69, 9.17) is 9.84 Å². The van der Waals surface area contributed by atoms with Crippen molar-refractivity contribution in [3.63, 3.8) is 0 Å².